The number of carbonyl (C=O) groups is 2. The summed E-state index contributed by atoms with van der Waals surface area (Å²) in [6.07, 6.45) is 7.92. The molecule has 138 valence electrons. The zero-order chi connectivity index (χ0) is 17.8. The summed E-state index contributed by atoms with van der Waals surface area (Å²) in [4.78, 5) is 27.3. The van der Waals surface area contributed by atoms with E-state index in [4.69, 9.17) is 0 Å². The van der Waals surface area contributed by atoms with Gasteiger partial charge in [0, 0.05) is 18.9 Å². The maximum absolute atomic E-state index is 12.8. The van der Waals surface area contributed by atoms with Crippen LogP contribution >= 0.6 is 11.3 Å². The van der Waals surface area contributed by atoms with Crippen molar-refractivity contribution in [3.63, 3.8) is 0 Å². The van der Waals surface area contributed by atoms with E-state index >= 15 is 0 Å². The van der Waals surface area contributed by atoms with Crippen molar-refractivity contribution in [1.29, 1.82) is 0 Å². The molecule has 0 spiro atoms. The number of likely N-dealkylation sites (tertiary alicyclic amines) is 1. The van der Waals surface area contributed by atoms with Gasteiger partial charge < -0.3 is 4.90 Å². The molecule has 1 aromatic rings. The molecule has 2 aliphatic rings. The number of amides is 2. The number of rotatable bonds is 5. The molecular weight excluding hydrogens is 336 g/mol. The van der Waals surface area contributed by atoms with Gasteiger partial charge in [-0.25, -0.2) is 0 Å². The molecule has 1 unspecified atom stereocenters. The molecule has 6 nitrogen and oxygen atoms in total. The smallest absolute Gasteiger partial charge is 0.249 e. The number of hydrogen-bond acceptors (Lipinski definition) is 5. The number of nitrogens with zero attached hydrogens (tertiary/aromatic N) is 3. The third-order valence-electron chi connectivity index (χ3n) is 5.07. The van der Waals surface area contributed by atoms with Crippen molar-refractivity contribution in [3.05, 3.63) is 5.01 Å². The molecule has 0 radical (unpaired) electrons. The van der Waals surface area contributed by atoms with E-state index in [1.165, 1.54) is 17.8 Å². The average molecular weight is 365 g/mol. The first-order valence-electron chi connectivity index (χ1n) is 9.48. The van der Waals surface area contributed by atoms with Gasteiger partial charge in [-0.15, -0.1) is 10.2 Å². The van der Waals surface area contributed by atoms with Crippen molar-refractivity contribution in [1.82, 2.24) is 15.1 Å². The first kappa shape index (κ1) is 18.3. The van der Waals surface area contributed by atoms with Crippen LogP contribution in [-0.4, -0.2) is 39.5 Å². The molecule has 1 saturated carbocycles. The van der Waals surface area contributed by atoms with Crippen molar-refractivity contribution in [3.8, 4) is 0 Å². The van der Waals surface area contributed by atoms with E-state index in [0.29, 0.717) is 17.6 Å². The highest BCUT2D eigenvalue weighted by molar-refractivity contribution is 7.15. The summed E-state index contributed by atoms with van der Waals surface area (Å²) in [5.74, 6) is 0.681. The number of aromatic nitrogens is 2. The standard InChI is InChI=1S/C18H28N4O2S/c1-12(2)11-15-20-21-18(25-15)19-16(23)14-9-6-10-22(14)17(24)13-7-4-3-5-8-13/h12-14H,3-11H2,1-2H3,(H,19,21,23). The fourth-order valence-corrected chi connectivity index (χ4v) is 4.77. The topological polar surface area (TPSA) is 75.2 Å². The van der Waals surface area contributed by atoms with Crippen LogP contribution in [0.1, 0.15) is 63.8 Å². The van der Waals surface area contributed by atoms with Crippen LogP contribution in [0.3, 0.4) is 0 Å². The van der Waals surface area contributed by atoms with Crippen LogP contribution in [0.25, 0.3) is 0 Å². The highest BCUT2D eigenvalue weighted by atomic mass is 32.1. The van der Waals surface area contributed by atoms with E-state index in [2.05, 4.69) is 29.4 Å². The molecule has 0 bridgehead atoms. The fraction of sp³-hybridized carbons (Fsp3) is 0.778. The maximum Gasteiger partial charge on any atom is 0.249 e. The van der Waals surface area contributed by atoms with E-state index in [-0.39, 0.29) is 23.8 Å². The monoisotopic (exact) mass is 364 g/mol. The number of nitrogens with one attached hydrogen (secondary N) is 1. The lowest BCUT2D eigenvalue weighted by Gasteiger charge is -2.29. The van der Waals surface area contributed by atoms with Crippen molar-refractivity contribution in [2.75, 3.05) is 11.9 Å². The number of carbonyl (C=O) groups excluding carboxylic acids is 2. The second-order valence-electron chi connectivity index (χ2n) is 7.61. The Hall–Kier alpha value is -1.50. The van der Waals surface area contributed by atoms with Crippen molar-refractivity contribution >= 4 is 28.3 Å². The molecule has 2 amide bonds. The molecule has 1 N–H and O–H groups in total. The molecule has 1 aromatic heterocycles. The second kappa shape index (κ2) is 8.25. The van der Waals surface area contributed by atoms with Crippen LogP contribution in [0, 0.1) is 11.8 Å². The van der Waals surface area contributed by atoms with Crippen molar-refractivity contribution < 1.29 is 9.59 Å². The zero-order valence-electron chi connectivity index (χ0n) is 15.2. The molecular formula is C18H28N4O2S. The molecule has 1 aliphatic heterocycles. The van der Waals surface area contributed by atoms with Crippen LogP contribution in [-0.2, 0) is 16.0 Å². The number of anilines is 1. The molecule has 1 aliphatic carbocycles. The molecule has 2 heterocycles. The van der Waals surface area contributed by atoms with Gasteiger partial charge in [0.15, 0.2) is 0 Å². The van der Waals surface area contributed by atoms with Crippen LogP contribution in [0.15, 0.2) is 0 Å². The van der Waals surface area contributed by atoms with Gasteiger partial charge >= 0.3 is 0 Å². The van der Waals surface area contributed by atoms with Gasteiger partial charge in [0.2, 0.25) is 16.9 Å². The van der Waals surface area contributed by atoms with Crippen LogP contribution < -0.4 is 5.32 Å². The minimum absolute atomic E-state index is 0.112. The predicted molar refractivity (Wildman–Crippen MR) is 98.4 cm³/mol. The molecule has 3 rings (SSSR count). The van der Waals surface area contributed by atoms with Crippen molar-refractivity contribution in [2.45, 2.75) is 71.3 Å². The Bertz CT molecular complexity index is 610. The Morgan fingerprint density at radius 3 is 2.64 bits per heavy atom. The van der Waals surface area contributed by atoms with Gasteiger partial charge in [0.1, 0.15) is 11.0 Å². The molecule has 0 aromatic carbocycles. The first-order valence-corrected chi connectivity index (χ1v) is 10.3. The third-order valence-corrected chi connectivity index (χ3v) is 5.93. The van der Waals surface area contributed by atoms with Crippen LogP contribution in [0.4, 0.5) is 5.13 Å². The molecule has 7 heteroatoms. The largest absolute Gasteiger partial charge is 0.330 e. The Kier molecular flexibility index (Phi) is 6.04. The van der Waals surface area contributed by atoms with E-state index in [0.717, 1.165) is 50.0 Å². The first-order chi connectivity index (χ1) is 12.0. The van der Waals surface area contributed by atoms with Crippen LogP contribution in [0.2, 0.25) is 0 Å². The fourth-order valence-electron chi connectivity index (χ4n) is 3.81. The van der Waals surface area contributed by atoms with Gasteiger partial charge in [-0.3, -0.25) is 14.9 Å². The van der Waals surface area contributed by atoms with Crippen molar-refractivity contribution in [2.24, 2.45) is 11.8 Å². The van der Waals surface area contributed by atoms with Gasteiger partial charge in [-0.05, 0) is 31.6 Å². The average Bonchev–Trinajstić information content (AvgIpc) is 3.24. The lowest BCUT2D eigenvalue weighted by molar-refractivity contribution is -0.141. The molecule has 25 heavy (non-hydrogen) atoms. The minimum atomic E-state index is -0.355. The SMILES string of the molecule is CC(C)Cc1nnc(NC(=O)C2CCCN2C(=O)C2CCCCC2)s1. The van der Waals surface area contributed by atoms with Gasteiger partial charge in [-0.2, -0.15) is 0 Å². The van der Waals surface area contributed by atoms with E-state index in [1.807, 2.05) is 0 Å². The molecule has 2 fully saturated rings. The summed E-state index contributed by atoms with van der Waals surface area (Å²) in [5.41, 5.74) is 0. The van der Waals surface area contributed by atoms with Crippen LogP contribution in [0.5, 0.6) is 0 Å². The van der Waals surface area contributed by atoms with Gasteiger partial charge in [0.25, 0.3) is 0 Å². The Balaban J connectivity index is 1.60. The van der Waals surface area contributed by atoms with E-state index < -0.39 is 0 Å². The summed E-state index contributed by atoms with van der Waals surface area (Å²) in [6.45, 7) is 4.96. The third kappa shape index (κ3) is 4.57. The second-order valence-corrected chi connectivity index (χ2v) is 8.67. The Morgan fingerprint density at radius 1 is 1.16 bits per heavy atom. The van der Waals surface area contributed by atoms with E-state index in [9.17, 15) is 9.59 Å². The lowest BCUT2D eigenvalue weighted by atomic mass is 9.88. The van der Waals surface area contributed by atoms with E-state index in [1.54, 1.807) is 4.90 Å². The summed E-state index contributed by atoms with van der Waals surface area (Å²) in [7, 11) is 0. The summed E-state index contributed by atoms with van der Waals surface area (Å²) in [5, 5.41) is 12.6. The van der Waals surface area contributed by atoms with Gasteiger partial charge in [0.05, 0.1) is 0 Å². The quantitative estimate of drug-likeness (QED) is 0.870. The Morgan fingerprint density at radius 2 is 1.92 bits per heavy atom. The highest BCUT2D eigenvalue weighted by Gasteiger charge is 2.37. The normalized spacial score (nSPS) is 21.7. The zero-order valence-corrected chi connectivity index (χ0v) is 16.0. The lowest BCUT2D eigenvalue weighted by Crippen LogP contribution is -2.46. The summed E-state index contributed by atoms with van der Waals surface area (Å²) < 4.78 is 0. The van der Waals surface area contributed by atoms with Gasteiger partial charge in [-0.1, -0.05) is 44.4 Å². The predicted octanol–water partition coefficient (Wildman–Crippen LogP) is 3.25. The Labute approximate surface area is 153 Å². The maximum atomic E-state index is 12.8. The summed E-state index contributed by atoms with van der Waals surface area (Å²) in [6, 6.07) is -0.355. The number of hydrogen-bond donors (Lipinski definition) is 1. The minimum Gasteiger partial charge on any atom is -0.330 e. The molecule has 1 atom stereocenters. The summed E-state index contributed by atoms with van der Waals surface area (Å²) >= 11 is 1.43. The highest BCUT2D eigenvalue weighted by Crippen LogP contribution is 2.29. The molecule has 1 saturated heterocycles.